The van der Waals surface area contributed by atoms with E-state index in [0.717, 1.165) is 17.7 Å². The van der Waals surface area contributed by atoms with Crippen LogP contribution in [0.2, 0.25) is 10.0 Å². The van der Waals surface area contributed by atoms with Crippen LogP contribution in [0, 0.1) is 5.82 Å². The fourth-order valence-electron chi connectivity index (χ4n) is 1.92. The van der Waals surface area contributed by atoms with Crippen molar-refractivity contribution in [2.75, 3.05) is 6.54 Å². The zero-order valence-electron chi connectivity index (χ0n) is 11.6. The summed E-state index contributed by atoms with van der Waals surface area (Å²) in [7, 11) is 0. The number of nitrogens with one attached hydrogen (secondary N) is 1. The van der Waals surface area contributed by atoms with Gasteiger partial charge in [-0.15, -0.1) is 0 Å². The summed E-state index contributed by atoms with van der Waals surface area (Å²) in [5.41, 5.74) is 1.50. The predicted octanol–water partition coefficient (Wildman–Crippen LogP) is 4.82. The third-order valence-corrected chi connectivity index (χ3v) is 3.60. The maximum Gasteiger partial charge on any atom is 0.165 e. The molecule has 0 aliphatic heterocycles. The molecule has 0 aliphatic rings. The average Bonchev–Trinajstić information content (AvgIpc) is 2.47. The summed E-state index contributed by atoms with van der Waals surface area (Å²) in [6.45, 7) is 3.51. The Morgan fingerprint density at radius 2 is 1.95 bits per heavy atom. The van der Waals surface area contributed by atoms with Crippen LogP contribution in [-0.2, 0) is 13.2 Å². The molecule has 0 radical (unpaired) electrons. The van der Waals surface area contributed by atoms with Crippen molar-refractivity contribution in [3.05, 3.63) is 63.4 Å². The van der Waals surface area contributed by atoms with Gasteiger partial charge in [-0.25, -0.2) is 4.39 Å². The highest BCUT2D eigenvalue weighted by molar-refractivity contribution is 6.33. The summed E-state index contributed by atoms with van der Waals surface area (Å²) in [6, 6.07) is 10.00. The first kappa shape index (κ1) is 16.1. The average molecular weight is 328 g/mol. The van der Waals surface area contributed by atoms with E-state index in [4.69, 9.17) is 27.9 Å². The highest BCUT2D eigenvalue weighted by Gasteiger charge is 2.11. The Labute approximate surface area is 133 Å². The Hall–Kier alpha value is -1.29. The molecule has 0 amide bonds. The Morgan fingerprint density at radius 1 is 1.14 bits per heavy atom. The summed E-state index contributed by atoms with van der Waals surface area (Å²) in [5, 5.41) is 4.27. The minimum Gasteiger partial charge on any atom is -0.485 e. The molecule has 0 fully saturated rings. The first-order valence-electron chi connectivity index (χ1n) is 6.66. The van der Waals surface area contributed by atoms with E-state index in [-0.39, 0.29) is 18.2 Å². The molecule has 2 aromatic carbocycles. The van der Waals surface area contributed by atoms with Gasteiger partial charge >= 0.3 is 0 Å². The Kier molecular flexibility index (Phi) is 5.85. The van der Waals surface area contributed by atoms with Crippen molar-refractivity contribution >= 4 is 23.2 Å². The van der Waals surface area contributed by atoms with Crippen LogP contribution < -0.4 is 10.1 Å². The fourth-order valence-corrected chi connectivity index (χ4v) is 2.28. The molecule has 0 saturated carbocycles. The number of hydrogen-bond acceptors (Lipinski definition) is 2. The molecule has 0 saturated heterocycles. The minimum absolute atomic E-state index is 0.166. The van der Waals surface area contributed by atoms with Gasteiger partial charge in [0.15, 0.2) is 11.6 Å². The molecule has 0 aliphatic carbocycles. The Balaban J connectivity index is 2.17. The summed E-state index contributed by atoms with van der Waals surface area (Å²) in [6.07, 6.45) is 0. The SMILES string of the molecule is CCNCc1cccc(F)c1OCc1cc(Cl)ccc1Cl. The normalized spacial score (nSPS) is 10.7. The van der Waals surface area contributed by atoms with Gasteiger partial charge in [0.1, 0.15) is 6.61 Å². The van der Waals surface area contributed by atoms with Gasteiger partial charge < -0.3 is 10.1 Å². The number of hydrogen-bond donors (Lipinski definition) is 1. The Bertz CT molecular complexity index is 619. The standard InChI is InChI=1S/C16H16Cl2FNO/c1-2-20-9-11-4-3-5-15(19)16(11)21-10-12-8-13(17)6-7-14(12)18/h3-8,20H,2,9-10H2,1H3. The van der Waals surface area contributed by atoms with Crippen LogP contribution in [-0.4, -0.2) is 6.54 Å². The summed E-state index contributed by atoms with van der Waals surface area (Å²) < 4.78 is 19.6. The molecular formula is C16H16Cl2FNO. The van der Waals surface area contributed by atoms with Crippen molar-refractivity contribution in [2.45, 2.75) is 20.1 Å². The van der Waals surface area contributed by atoms with Gasteiger partial charge in [0.2, 0.25) is 0 Å². The van der Waals surface area contributed by atoms with E-state index >= 15 is 0 Å². The van der Waals surface area contributed by atoms with Crippen molar-refractivity contribution in [2.24, 2.45) is 0 Å². The quantitative estimate of drug-likeness (QED) is 0.821. The molecule has 2 rings (SSSR count). The second-order valence-electron chi connectivity index (χ2n) is 4.53. The predicted molar refractivity (Wildman–Crippen MR) is 84.6 cm³/mol. The maximum absolute atomic E-state index is 13.9. The number of rotatable bonds is 6. The molecule has 1 N–H and O–H groups in total. The lowest BCUT2D eigenvalue weighted by Crippen LogP contribution is -2.13. The van der Waals surface area contributed by atoms with Crippen molar-refractivity contribution < 1.29 is 9.13 Å². The molecular weight excluding hydrogens is 312 g/mol. The molecule has 2 nitrogen and oxygen atoms in total. The van der Waals surface area contributed by atoms with Crippen molar-refractivity contribution in [3.63, 3.8) is 0 Å². The third kappa shape index (κ3) is 4.34. The zero-order chi connectivity index (χ0) is 15.2. The molecule has 0 aromatic heterocycles. The second kappa shape index (κ2) is 7.64. The summed E-state index contributed by atoms with van der Waals surface area (Å²) in [5.74, 6) is -0.141. The van der Waals surface area contributed by atoms with Crippen LogP contribution in [0.25, 0.3) is 0 Å². The second-order valence-corrected chi connectivity index (χ2v) is 5.38. The maximum atomic E-state index is 13.9. The van der Waals surface area contributed by atoms with Gasteiger partial charge in [0.05, 0.1) is 0 Å². The van der Waals surface area contributed by atoms with Gasteiger partial charge in [0, 0.05) is 27.7 Å². The van der Waals surface area contributed by atoms with E-state index in [1.54, 1.807) is 24.3 Å². The van der Waals surface area contributed by atoms with E-state index in [9.17, 15) is 4.39 Å². The Morgan fingerprint density at radius 3 is 2.71 bits per heavy atom. The van der Waals surface area contributed by atoms with Crippen LogP contribution in [0.3, 0.4) is 0 Å². The van der Waals surface area contributed by atoms with Crippen LogP contribution in [0.1, 0.15) is 18.1 Å². The van der Waals surface area contributed by atoms with E-state index in [2.05, 4.69) is 5.32 Å². The molecule has 5 heteroatoms. The molecule has 0 spiro atoms. The number of para-hydroxylation sites is 1. The van der Waals surface area contributed by atoms with E-state index in [1.165, 1.54) is 6.07 Å². The molecule has 2 aromatic rings. The number of ether oxygens (including phenoxy) is 1. The van der Waals surface area contributed by atoms with Crippen molar-refractivity contribution in [1.29, 1.82) is 0 Å². The third-order valence-electron chi connectivity index (χ3n) is 2.99. The highest BCUT2D eigenvalue weighted by Crippen LogP contribution is 2.26. The van der Waals surface area contributed by atoms with Gasteiger partial charge in [-0.1, -0.05) is 42.3 Å². The molecule has 0 heterocycles. The van der Waals surface area contributed by atoms with Crippen LogP contribution in [0.4, 0.5) is 4.39 Å². The van der Waals surface area contributed by atoms with Gasteiger partial charge in [-0.3, -0.25) is 0 Å². The molecule has 0 bridgehead atoms. The lowest BCUT2D eigenvalue weighted by Gasteiger charge is -2.13. The fraction of sp³-hybridized carbons (Fsp3) is 0.250. The first-order valence-corrected chi connectivity index (χ1v) is 7.42. The van der Waals surface area contributed by atoms with E-state index in [0.29, 0.717) is 16.6 Å². The van der Waals surface area contributed by atoms with Crippen LogP contribution >= 0.6 is 23.2 Å². The van der Waals surface area contributed by atoms with Crippen molar-refractivity contribution in [3.8, 4) is 5.75 Å². The van der Waals surface area contributed by atoms with Crippen LogP contribution in [0.15, 0.2) is 36.4 Å². The van der Waals surface area contributed by atoms with Gasteiger partial charge in [0.25, 0.3) is 0 Å². The lowest BCUT2D eigenvalue weighted by atomic mass is 10.2. The monoisotopic (exact) mass is 327 g/mol. The van der Waals surface area contributed by atoms with Crippen molar-refractivity contribution in [1.82, 2.24) is 5.32 Å². The molecule has 21 heavy (non-hydrogen) atoms. The molecule has 0 atom stereocenters. The van der Waals surface area contributed by atoms with Gasteiger partial charge in [-0.2, -0.15) is 0 Å². The van der Waals surface area contributed by atoms with Crippen LogP contribution in [0.5, 0.6) is 5.75 Å². The summed E-state index contributed by atoms with van der Waals surface area (Å²) >= 11 is 12.0. The molecule has 112 valence electrons. The molecule has 0 unspecified atom stereocenters. The highest BCUT2D eigenvalue weighted by atomic mass is 35.5. The number of halogens is 3. The largest absolute Gasteiger partial charge is 0.485 e. The summed E-state index contributed by atoms with van der Waals surface area (Å²) in [4.78, 5) is 0. The van der Waals surface area contributed by atoms with Gasteiger partial charge in [-0.05, 0) is 30.8 Å². The first-order chi connectivity index (χ1) is 10.1. The smallest absolute Gasteiger partial charge is 0.165 e. The zero-order valence-corrected chi connectivity index (χ0v) is 13.1. The lowest BCUT2D eigenvalue weighted by molar-refractivity contribution is 0.286. The topological polar surface area (TPSA) is 21.3 Å². The minimum atomic E-state index is -0.386. The number of benzene rings is 2. The van der Waals surface area contributed by atoms with E-state index in [1.807, 2.05) is 13.0 Å². The van der Waals surface area contributed by atoms with E-state index < -0.39 is 0 Å².